The molecule has 70 valence electrons. The number of carbonyl (C=O) groups is 1. The smallest absolute Gasteiger partial charge is 0.252 e. The summed E-state index contributed by atoms with van der Waals surface area (Å²) in [7, 11) is 0. The van der Waals surface area contributed by atoms with Gasteiger partial charge >= 0.3 is 0 Å². The van der Waals surface area contributed by atoms with Crippen molar-refractivity contribution in [3.8, 4) is 0 Å². The maximum absolute atomic E-state index is 11.3. The van der Waals surface area contributed by atoms with Crippen LogP contribution >= 0.6 is 12.2 Å². The lowest BCUT2D eigenvalue weighted by Gasteiger charge is -1.93. The molecule has 0 spiro atoms. The van der Waals surface area contributed by atoms with Crippen molar-refractivity contribution in [2.45, 2.75) is 6.42 Å². The zero-order valence-corrected chi connectivity index (χ0v) is 8.30. The molecular formula is C11H9NOS. The summed E-state index contributed by atoms with van der Waals surface area (Å²) in [4.78, 5) is 11.9. The highest BCUT2D eigenvalue weighted by atomic mass is 32.1. The number of benzene rings is 1. The molecule has 1 amide bonds. The molecule has 0 aliphatic carbocycles. The summed E-state index contributed by atoms with van der Waals surface area (Å²) in [5.41, 5.74) is 1.77. The molecule has 3 heteroatoms. The minimum Gasteiger partial charge on any atom is -0.316 e. The van der Waals surface area contributed by atoms with Gasteiger partial charge in [0.1, 0.15) is 0 Å². The molecular weight excluding hydrogens is 194 g/mol. The van der Waals surface area contributed by atoms with E-state index in [0.29, 0.717) is 11.4 Å². The molecule has 0 saturated carbocycles. The van der Waals surface area contributed by atoms with Gasteiger partial charge in [0.15, 0.2) is 0 Å². The summed E-state index contributed by atoms with van der Waals surface area (Å²) >= 11 is 4.92. The van der Waals surface area contributed by atoms with Crippen molar-refractivity contribution >= 4 is 29.2 Å². The summed E-state index contributed by atoms with van der Waals surface area (Å²) in [5, 5.41) is 2.61. The van der Waals surface area contributed by atoms with Crippen molar-refractivity contribution in [2.24, 2.45) is 0 Å². The Balaban J connectivity index is 2.28. The molecule has 1 aromatic carbocycles. The van der Waals surface area contributed by atoms with Gasteiger partial charge in [0.25, 0.3) is 5.91 Å². The average Bonchev–Trinajstić information content (AvgIpc) is 2.47. The minimum atomic E-state index is -0.0705. The summed E-state index contributed by atoms with van der Waals surface area (Å²) in [5.74, 6) is -0.0705. The molecule has 0 aromatic heterocycles. The van der Waals surface area contributed by atoms with Crippen molar-refractivity contribution in [3.05, 3.63) is 41.5 Å². The van der Waals surface area contributed by atoms with E-state index in [1.165, 1.54) is 0 Å². The third-order valence-electron chi connectivity index (χ3n) is 2.04. The number of rotatable bonds is 1. The van der Waals surface area contributed by atoms with E-state index in [-0.39, 0.29) is 5.91 Å². The first-order valence-corrected chi connectivity index (χ1v) is 4.76. The molecule has 1 aliphatic heterocycles. The van der Waals surface area contributed by atoms with Gasteiger partial charge in [-0.05, 0) is 11.6 Å². The number of thiocarbonyl (C=S) groups is 1. The fourth-order valence-corrected chi connectivity index (χ4v) is 1.62. The van der Waals surface area contributed by atoms with E-state index in [1.807, 2.05) is 36.4 Å². The molecule has 1 fully saturated rings. The van der Waals surface area contributed by atoms with Crippen LogP contribution in [-0.4, -0.2) is 10.9 Å². The predicted octanol–water partition coefficient (Wildman–Crippen LogP) is 1.92. The Morgan fingerprint density at radius 2 is 2.00 bits per heavy atom. The van der Waals surface area contributed by atoms with Crippen LogP contribution in [0.25, 0.3) is 6.08 Å². The van der Waals surface area contributed by atoms with Crippen LogP contribution in [0.3, 0.4) is 0 Å². The second-order valence-electron chi connectivity index (χ2n) is 3.13. The van der Waals surface area contributed by atoms with Gasteiger partial charge in [-0.15, -0.1) is 0 Å². The van der Waals surface area contributed by atoms with Crippen LogP contribution in [0.2, 0.25) is 0 Å². The van der Waals surface area contributed by atoms with Crippen molar-refractivity contribution < 1.29 is 4.79 Å². The summed E-state index contributed by atoms with van der Waals surface area (Å²) in [6, 6.07) is 9.75. The molecule has 0 bridgehead atoms. The first-order valence-electron chi connectivity index (χ1n) is 4.35. The average molecular weight is 203 g/mol. The molecule has 2 rings (SSSR count). The number of amides is 1. The Hall–Kier alpha value is -1.48. The Kier molecular flexibility index (Phi) is 2.41. The van der Waals surface area contributed by atoms with Crippen molar-refractivity contribution in [2.75, 3.05) is 0 Å². The Morgan fingerprint density at radius 3 is 2.57 bits per heavy atom. The molecule has 14 heavy (non-hydrogen) atoms. The van der Waals surface area contributed by atoms with E-state index in [2.05, 4.69) is 5.32 Å². The van der Waals surface area contributed by atoms with Gasteiger partial charge in [0.2, 0.25) is 0 Å². The molecule has 1 aliphatic rings. The highest BCUT2D eigenvalue weighted by Gasteiger charge is 2.20. The monoisotopic (exact) mass is 203 g/mol. The van der Waals surface area contributed by atoms with Gasteiger partial charge < -0.3 is 5.32 Å². The van der Waals surface area contributed by atoms with E-state index >= 15 is 0 Å². The van der Waals surface area contributed by atoms with Crippen LogP contribution in [-0.2, 0) is 4.79 Å². The molecule has 1 N–H and O–H groups in total. The normalized spacial score (nSPS) is 18.7. The molecule has 0 unspecified atom stereocenters. The molecule has 2 nitrogen and oxygen atoms in total. The van der Waals surface area contributed by atoms with Crippen molar-refractivity contribution in [1.29, 1.82) is 0 Å². The Bertz CT molecular complexity index is 409. The van der Waals surface area contributed by atoms with Crippen molar-refractivity contribution in [3.63, 3.8) is 0 Å². The first-order chi connectivity index (χ1) is 6.75. The topological polar surface area (TPSA) is 29.1 Å². The van der Waals surface area contributed by atoms with Crippen LogP contribution in [0, 0.1) is 0 Å². The first kappa shape index (κ1) is 9.09. The predicted molar refractivity (Wildman–Crippen MR) is 59.8 cm³/mol. The third-order valence-corrected chi connectivity index (χ3v) is 2.28. The van der Waals surface area contributed by atoms with Gasteiger partial charge in [-0.1, -0.05) is 42.5 Å². The lowest BCUT2D eigenvalue weighted by molar-refractivity contribution is -0.115. The number of hydrogen-bond donors (Lipinski definition) is 1. The minimum absolute atomic E-state index is 0.0705. The van der Waals surface area contributed by atoms with E-state index < -0.39 is 0 Å². The van der Waals surface area contributed by atoms with Gasteiger partial charge in [-0.2, -0.15) is 0 Å². The standard InChI is InChI=1S/C11H9NOS/c13-11-9(7-10(14)12-11)6-8-4-2-1-3-5-8/h1-6H,7H2,(H,12,13,14)/b9-6-. The second-order valence-corrected chi connectivity index (χ2v) is 3.63. The van der Waals surface area contributed by atoms with Crippen molar-refractivity contribution in [1.82, 2.24) is 5.32 Å². The number of carbonyl (C=O) groups excluding carboxylic acids is 1. The van der Waals surface area contributed by atoms with Gasteiger partial charge in [0.05, 0.1) is 4.99 Å². The van der Waals surface area contributed by atoms with E-state index in [1.54, 1.807) is 0 Å². The zero-order valence-electron chi connectivity index (χ0n) is 7.49. The van der Waals surface area contributed by atoms with Crippen LogP contribution < -0.4 is 5.32 Å². The second kappa shape index (κ2) is 3.72. The maximum Gasteiger partial charge on any atom is 0.252 e. The summed E-state index contributed by atoms with van der Waals surface area (Å²) < 4.78 is 0. The Labute approximate surface area is 87.6 Å². The molecule has 1 heterocycles. The van der Waals surface area contributed by atoms with Crippen LogP contribution in [0.4, 0.5) is 0 Å². The largest absolute Gasteiger partial charge is 0.316 e. The van der Waals surface area contributed by atoms with Gasteiger partial charge in [-0.3, -0.25) is 4.79 Å². The lowest BCUT2D eigenvalue weighted by atomic mass is 10.1. The van der Waals surface area contributed by atoms with E-state index in [9.17, 15) is 4.79 Å². The summed E-state index contributed by atoms with van der Waals surface area (Å²) in [6.07, 6.45) is 2.43. The lowest BCUT2D eigenvalue weighted by Crippen LogP contribution is -2.17. The third kappa shape index (κ3) is 1.88. The molecule has 0 radical (unpaired) electrons. The van der Waals surface area contributed by atoms with E-state index in [0.717, 1.165) is 11.1 Å². The maximum atomic E-state index is 11.3. The van der Waals surface area contributed by atoms with Crippen LogP contribution in [0.1, 0.15) is 12.0 Å². The number of nitrogens with one attached hydrogen (secondary N) is 1. The van der Waals surface area contributed by atoms with Gasteiger partial charge in [-0.25, -0.2) is 0 Å². The fourth-order valence-electron chi connectivity index (χ4n) is 1.37. The highest BCUT2D eigenvalue weighted by Crippen LogP contribution is 2.14. The SMILES string of the molecule is O=C1NC(=S)C/C1=C/c1ccccc1. The summed E-state index contributed by atoms with van der Waals surface area (Å²) in [6.45, 7) is 0. The molecule has 0 atom stereocenters. The van der Waals surface area contributed by atoms with Crippen LogP contribution in [0.5, 0.6) is 0 Å². The molecule has 1 aromatic rings. The fraction of sp³-hybridized carbons (Fsp3) is 0.0909. The molecule has 1 saturated heterocycles. The van der Waals surface area contributed by atoms with E-state index in [4.69, 9.17) is 12.2 Å². The highest BCUT2D eigenvalue weighted by molar-refractivity contribution is 7.80. The number of hydrogen-bond acceptors (Lipinski definition) is 2. The Morgan fingerprint density at radius 1 is 1.29 bits per heavy atom. The van der Waals surface area contributed by atoms with Gasteiger partial charge in [0, 0.05) is 12.0 Å². The van der Waals surface area contributed by atoms with Crippen LogP contribution in [0.15, 0.2) is 35.9 Å². The quantitative estimate of drug-likeness (QED) is 0.558. The zero-order chi connectivity index (χ0) is 9.97.